The first-order chi connectivity index (χ1) is 10.0. The van der Waals surface area contributed by atoms with Crippen LogP contribution in [0.4, 0.5) is 4.39 Å². The third-order valence-electron chi connectivity index (χ3n) is 3.95. The van der Waals surface area contributed by atoms with Crippen molar-refractivity contribution in [1.82, 2.24) is 9.78 Å². The maximum atomic E-state index is 13.1. The summed E-state index contributed by atoms with van der Waals surface area (Å²) in [7, 11) is 0. The summed E-state index contributed by atoms with van der Waals surface area (Å²) >= 11 is 0. The molecule has 1 aromatic heterocycles. The summed E-state index contributed by atoms with van der Waals surface area (Å²) in [6.07, 6.45) is 0.570. The second-order valence-electron chi connectivity index (χ2n) is 5.42. The van der Waals surface area contributed by atoms with E-state index in [-0.39, 0.29) is 19.0 Å². The van der Waals surface area contributed by atoms with Crippen molar-refractivity contribution in [3.8, 4) is 0 Å². The van der Waals surface area contributed by atoms with Crippen LogP contribution in [0, 0.1) is 12.7 Å². The van der Waals surface area contributed by atoms with Crippen molar-refractivity contribution in [2.45, 2.75) is 32.2 Å². The molecule has 0 spiro atoms. The number of aryl methyl sites for hydroxylation is 2. The standard InChI is InChI=1S/C16H22FN3O/c1-3-20-15(8-12(2)19-20)9-16(10-18,11-21)13-4-6-14(17)7-5-13/h4-8,21H,3,9-11,18H2,1-2H3. The monoisotopic (exact) mass is 291 g/mol. The Morgan fingerprint density at radius 2 is 2.00 bits per heavy atom. The van der Waals surface area contributed by atoms with Gasteiger partial charge in [0.1, 0.15) is 5.82 Å². The average molecular weight is 291 g/mol. The Hall–Kier alpha value is -1.72. The molecule has 0 aliphatic rings. The summed E-state index contributed by atoms with van der Waals surface area (Å²) in [6.45, 7) is 4.92. The molecule has 0 radical (unpaired) electrons. The third-order valence-corrected chi connectivity index (χ3v) is 3.95. The quantitative estimate of drug-likeness (QED) is 0.852. The minimum atomic E-state index is -0.618. The van der Waals surface area contributed by atoms with Gasteiger partial charge in [-0.3, -0.25) is 4.68 Å². The van der Waals surface area contributed by atoms with Gasteiger partial charge < -0.3 is 10.8 Å². The molecule has 0 saturated heterocycles. The molecule has 0 aliphatic carbocycles. The molecule has 0 amide bonds. The molecule has 0 fully saturated rings. The lowest BCUT2D eigenvalue weighted by atomic mass is 9.77. The Morgan fingerprint density at radius 1 is 1.33 bits per heavy atom. The number of rotatable bonds is 6. The first-order valence-corrected chi connectivity index (χ1v) is 7.15. The van der Waals surface area contributed by atoms with E-state index in [9.17, 15) is 9.50 Å². The number of hydrogen-bond donors (Lipinski definition) is 2. The van der Waals surface area contributed by atoms with E-state index < -0.39 is 5.41 Å². The highest BCUT2D eigenvalue weighted by Crippen LogP contribution is 2.28. The Morgan fingerprint density at radius 3 is 2.52 bits per heavy atom. The van der Waals surface area contributed by atoms with Crippen LogP contribution in [0.2, 0.25) is 0 Å². The number of halogens is 1. The van der Waals surface area contributed by atoms with E-state index in [4.69, 9.17) is 5.73 Å². The molecule has 1 unspecified atom stereocenters. The largest absolute Gasteiger partial charge is 0.395 e. The Labute approximate surface area is 124 Å². The van der Waals surface area contributed by atoms with Crippen molar-refractivity contribution in [3.63, 3.8) is 0 Å². The third kappa shape index (κ3) is 3.14. The molecule has 0 saturated carbocycles. The van der Waals surface area contributed by atoms with Crippen LogP contribution in [0.3, 0.4) is 0 Å². The molecule has 1 atom stereocenters. The zero-order valence-corrected chi connectivity index (χ0v) is 12.5. The van der Waals surface area contributed by atoms with Crippen LogP contribution in [0.1, 0.15) is 23.9 Å². The Balaban J connectivity index is 2.40. The van der Waals surface area contributed by atoms with Gasteiger partial charge in [0, 0.05) is 30.6 Å². The van der Waals surface area contributed by atoms with Crippen molar-refractivity contribution in [2.24, 2.45) is 5.73 Å². The molecule has 1 heterocycles. The maximum Gasteiger partial charge on any atom is 0.123 e. The van der Waals surface area contributed by atoms with Crippen LogP contribution in [0.25, 0.3) is 0 Å². The van der Waals surface area contributed by atoms with Gasteiger partial charge in [-0.1, -0.05) is 12.1 Å². The molecule has 2 rings (SSSR count). The molecule has 0 bridgehead atoms. The molecule has 1 aromatic carbocycles. The smallest absolute Gasteiger partial charge is 0.123 e. The molecule has 114 valence electrons. The summed E-state index contributed by atoms with van der Waals surface area (Å²) in [5.41, 5.74) is 8.14. The predicted octanol–water partition coefficient (Wildman–Crippen LogP) is 1.78. The highest BCUT2D eigenvalue weighted by atomic mass is 19.1. The first kappa shape index (κ1) is 15.7. The zero-order valence-electron chi connectivity index (χ0n) is 12.5. The van der Waals surface area contributed by atoms with E-state index in [1.165, 1.54) is 12.1 Å². The second-order valence-corrected chi connectivity index (χ2v) is 5.42. The van der Waals surface area contributed by atoms with Crippen LogP contribution in [0.5, 0.6) is 0 Å². The van der Waals surface area contributed by atoms with Gasteiger partial charge in [0.25, 0.3) is 0 Å². The van der Waals surface area contributed by atoms with Gasteiger partial charge in [-0.15, -0.1) is 0 Å². The van der Waals surface area contributed by atoms with Crippen molar-refractivity contribution < 1.29 is 9.50 Å². The number of nitrogens with two attached hydrogens (primary N) is 1. The van der Waals surface area contributed by atoms with Crippen LogP contribution in [0.15, 0.2) is 30.3 Å². The average Bonchev–Trinajstić information content (AvgIpc) is 2.85. The van der Waals surface area contributed by atoms with E-state index in [2.05, 4.69) is 5.10 Å². The first-order valence-electron chi connectivity index (χ1n) is 7.15. The Bertz CT molecular complexity index is 588. The SMILES string of the molecule is CCn1nc(C)cc1CC(CN)(CO)c1ccc(F)cc1. The molecule has 2 aromatic rings. The highest BCUT2D eigenvalue weighted by Gasteiger charge is 2.32. The van der Waals surface area contributed by atoms with E-state index in [0.717, 1.165) is 23.5 Å². The van der Waals surface area contributed by atoms with E-state index in [0.29, 0.717) is 6.42 Å². The van der Waals surface area contributed by atoms with Gasteiger partial charge in [0.15, 0.2) is 0 Å². The van der Waals surface area contributed by atoms with Gasteiger partial charge in [-0.05, 0) is 37.6 Å². The van der Waals surface area contributed by atoms with E-state index in [1.807, 2.05) is 24.6 Å². The highest BCUT2D eigenvalue weighted by molar-refractivity contribution is 5.29. The normalized spacial score (nSPS) is 14.1. The number of nitrogens with zero attached hydrogens (tertiary/aromatic N) is 2. The number of aliphatic hydroxyl groups excluding tert-OH is 1. The fraction of sp³-hybridized carbons (Fsp3) is 0.438. The molecular weight excluding hydrogens is 269 g/mol. The maximum absolute atomic E-state index is 13.1. The van der Waals surface area contributed by atoms with Gasteiger partial charge in [0.05, 0.1) is 12.3 Å². The zero-order chi connectivity index (χ0) is 15.5. The molecule has 21 heavy (non-hydrogen) atoms. The van der Waals surface area contributed by atoms with Gasteiger partial charge in [-0.2, -0.15) is 5.10 Å². The molecule has 3 N–H and O–H groups in total. The number of aliphatic hydroxyl groups is 1. The molecule has 4 nitrogen and oxygen atoms in total. The predicted molar refractivity (Wildman–Crippen MR) is 80.6 cm³/mol. The minimum Gasteiger partial charge on any atom is -0.395 e. The summed E-state index contributed by atoms with van der Waals surface area (Å²) < 4.78 is 15.0. The minimum absolute atomic E-state index is 0.0942. The van der Waals surface area contributed by atoms with Gasteiger partial charge >= 0.3 is 0 Å². The fourth-order valence-corrected chi connectivity index (χ4v) is 2.67. The summed E-state index contributed by atoms with van der Waals surface area (Å²) in [4.78, 5) is 0. The van der Waals surface area contributed by atoms with Crippen molar-refractivity contribution in [2.75, 3.05) is 13.2 Å². The van der Waals surface area contributed by atoms with Gasteiger partial charge in [0.2, 0.25) is 0 Å². The van der Waals surface area contributed by atoms with Gasteiger partial charge in [-0.25, -0.2) is 4.39 Å². The molecule has 0 aliphatic heterocycles. The summed E-state index contributed by atoms with van der Waals surface area (Å²) in [5.74, 6) is -0.294. The lowest BCUT2D eigenvalue weighted by Crippen LogP contribution is -2.41. The van der Waals surface area contributed by atoms with Crippen molar-refractivity contribution in [1.29, 1.82) is 0 Å². The topological polar surface area (TPSA) is 64.1 Å². The van der Waals surface area contributed by atoms with Crippen LogP contribution < -0.4 is 5.73 Å². The fourth-order valence-electron chi connectivity index (χ4n) is 2.67. The second kappa shape index (κ2) is 6.37. The van der Waals surface area contributed by atoms with Crippen LogP contribution in [-0.2, 0) is 18.4 Å². The summed E-state index contributed by atoms with van der Waals surface area (Å²) in [5, 5.41) is 14.4. The molecular formula is C16H22FN3O. The molecule has 5 heteroatoms. The number of hydrogen-bond acceptors (Lipinski definition) is 3. The lowest BCUT2D eigenvalue weighted by Gasteiger charge is -2.31. The summed E-state index contributed by atoms with van der Waals surface area (Å²) in [6, 6.07) is 8.19. The number of aromatic nitrogens is 2. The van der Waals surface area contributed by atoms with E-state index >= 15 is 0 Å². The van der Waals surface area contributed by atoms with Crippen LogP contribution in [-0.4, -0.2) is 28.0 Å². The van der Waals surface area contributed by atoms with E-state index in [1.54, 1.807) is 12.1 Å². The lowest BCUT2D eigenvalue weighted by molar-refractivity contribution is 0.193. The van der Waals surface area contributed by atoms with Crippen molar-refractivity contribution >= 4 is 0 Å². The van der Waals surface area contributed by atoms with Crippen molar-refractivity contribution in [3.05, 3.63) is 53.1 Å². The number of benzene rings is 1. The Kier molecular flexibility index (Phi) is 4.75. The van der Waals surface area contributed by atoms with Crippen LogP contribution >= 0.6 is 0 Å².